The summed E-state index contributed by atoms with van der Waals surface area (Å²) in [6.45, 7) is 11.2. The molecular weight excluding hydrogens is 364 g/mol. The van der Waals surface area contributed by atoms with Crippen molar-refractivity contribution in [3.8, 4) is 0 Å². The lowest BCUT2D eigenvalue weighted by atomic mass is 9.87. The third kappa shape index (κ3) is 4.42. The van der Waals surface area contributed by atoms with Crippen molar-refractivity contribution >= 4 is 40.5 Å². The Balaban J connectivity index is 1.74. The average molecular weight is 393 g/mol. The van der Waals surface area contributed by atoms with Crippen molar-refractivity contribution in [2.75, 3.05) is 10.2 Å². The van der Waals surface area contributed by atoms with Gasteiger partial charge in [-0.1, -0.05) is 30.3 Å². The Bertz CT molecular complexity index is 913. The Morgan fingerprint density at radius 3 is 2.54 bits per heavy atom. The third-order valence-corrected chi connectivity index (χ3v) is 5.02. The summed E-state index contributed by atoms with van der Waals surface area (Å²) in [4.78, 5) is 2.47. The van der Waals surface area contributed by atoms with Gasteiger partial charge in [0.25, 0.3) is 0 Å². The van der Waals surface area contributed by atoms with E-state index >= 15 is 0 Å². The van der Waals surface area contributed by atoms with Gasteiger partial charge in [-0.25, -0.2) is 0 Å². The molecule has 5 heteroatoms. The van der Waals surface area contributed by atoms with Crippen LogP contribution >= 0.6 is 12.2 Å². The first kappa shape index (κ1) is 20.1. The van der Waals surface area contributed by atoms with Crippen LogP contribution in [0.3, 0.4) is 0 Å². The van der Waals surface area contributed by atoms with E-state index in [2.05, 4.69) is 79.6 Å². The Kier molecular flexibility index (Phi) is 5.84. The van der Waals surface area contributed by atoms with Gasteiger partial charge in [0.2, 0.25) is 0 Å². The molecule has 0 aromatic heterocycles. The number of fused-ring (bicyclic) bond motifs is 1. The molecule has 2 aromatic rings. The number of thiocarbonyl (C=S) groups is 1. The molecule has 1 aliphatic heterocycles. The van der Waals surface area contributed by atoms with E-state index in [1.54, 1.807) is 6.21 Å². The zero-order valence-corrected chi connectivity index (χ0v) is 18.0. The second-order valence-corrected chi connectivity index (χ2v) is 8.32. The maximum atomic E-state index is 5.29. The van der Waals surface area contributed by atoms with Crippen LogP contribution in [0.2, 0.25) is 0 Å². The Labute approximate surface area is 173 Å². The van der Waals surface area contributed by atoms with Gasteiger partial charge >= 0.3 is 0 Å². The highest BCUT2D eigenvalue weighted by molar-refractivity contribution is 7.80. The van der Waals surface area contributed by atoms with Crippen molar-refractivity contribution in [3.63, 3.8) is 0 Å². The van der Waals surface area contributed by atoms with Crippen molar-refractivity contribution in [3.05, 3.63) is 65.7 Å². The SMILES string of the molecule is CC1=CC(C)(C)N(C(C)C)c2ccc(/C=N/NC(=S)Nc3ccccc3)cc21. The molecule has 0 spiro atoms. The Morgan fingerprint density at radius 2 is 1.86 bits per heavy atom. The summed E-state index contributed by atoms with van der Waals surface area (Å²) in [7, 11) is 0. The number of allylic oxidation sites excluding steroid dienone is 1. The molecule has 0 radical (unpaired) electrons. The predicted molar refractivity (Wildman–Crippen MR) is 125 cm³/mol. The van der Waals surface area contributed by atoms with Gasteiger partial charge in [-0.3, -0.25) is 5.43 Å². The predicted octanol–water partition coefficient (Wildman–Crippen LogP) is 5.42. The van der Waals surface area contributed by atoms with Crippen LogP contribution in [0.4, 0.5) is 11.4 Å². The number of rotatable bonds is 4. The fraction of sp³-hybridized carbons (Fsp3) is 0.304. The molecule has 0 saturated heterocycles. The first-order chi connectivity index (χ1) is 13.3. The molecule has 0 unspecified atom stereocenters. The van der Waals surface area contributed by atoms with Crippen molar-refractivity contribution in [1.82, 2.24) is 5.43 Å². The summed E-state index contributed by atoms with van der Waals surface area (Å²) in [5, 5.41) is 7.85. The number of hydrazone groups is 1. The Hall–Kier alpha value is -2.66. The molecular formula is C23H28N4S. The van der Waals surface area contributed by atoms with E-state index in [0.717, 1.165) is 11.3 Å². The average Bonchev–Trinajstić information content (AvgIpc) is 2.62. The van der Waals surface area contributed by atoms with Crippen molar-refractivity contribution in [2.24, 2.45) is 5.10 Å². The number of hydrogen-bond acceptors (Lipinski definition) is 3. The maximum absolute atomic E-state index is 5.29. The molecule has 0 aliphatic carbocycles. The molecule has 0 saturated carbocycles. The minimum atomic E-state index is -0.00227. The number of anilines is 2. The lowest BCUT2D eigenvalue weighted by Crippen LogP contribution is -2.49. The van der Waals surface area contributed by atoms with Crippen LogP contribution in [0.5, 0.6) is 0 Å². The van der Waals surface area contributed by atoms with E-state index < -0.39 is 0 Å². The first-order valence-corrected chi connectivity index (χ1v) is 9.97. The minimum Gasteiger partial charge on any atom is -0.360 e. The highest BCUT2D eigenvalue weighted by Crippen LogP contribution is 2.40. The third-order valence-electron chi connectivity index (χ3n) is 4.82. The van der Waals surface area contributed by atoms with E-state index in [1.807, 2.05) is 30.3 Å². The molecule has 28 heavy (non-hydrogen) atoms. The zero-order valence-electron chi connectivity index (χ0n) is 17.2. The summed E-state index contributed by atoms with van der Waals surface area (Å²) in [6, 6.07) is 16.7. The highest BCUT2D eigenvalue weighted by Gasteiger charge is 2.32. The van der Waals surface area contributed by atoms with Crippen molar-refractivity contribution in [1.29, 1.82) is 0 Å². The molecule has 0 fully saturated rings. The number of hydrogen-bond donors (Lipinski definition) is 2. The molecule has 0 atom stereocenters. The van der Waals surface area contributed by atoms with Gasteiger partial charge in [0, 0.05) is 23.0 Å². The van der Waals surface area contributed by atoms with Crippen LogP contribution in [-0.2, 0) is 0 Å². The van der Waals surface area contributed by atoms with Gasteiger partial charge < -0.3 is 10.2 Å². The molecule has 0 bridgehead atoms. The fourth-order valence-electron chi connectivity index (χ4n) is 3.94. The minimum absolute atomic E-state index is 0.00227. The highest BCUT2D eigenvalue weighted by atomic mass is 32.1. The normalized spacial score (nSPS) is 15.4. The molecule has 146 valence electrons. The van der Waals surface area contributed by atoms with E-state index in [9.17, 15) is 0 Å². The van der Waals surface area contributed by atoms with Gasteiger partial charge in [0.15, 0.2) is 5.11 Å². The summed E-state index contributed by atoms with van der Waals surface area (Å²) in [6.07, 6.45) is 4.14. The second kappa shape index (κ2) is 8.15. The van der Waals surface area contributed by atoms with Crippen molar-refractivity contribution < 1.29 is 0 Å². The van der Waals surface area contributed by atoms with Gasteiger partial charge in [0.1, 0.15) is 0 Å². The molecule has 4 nitrogen and oxygen atoms in total. The first-order valence-electron chi connectivity index (χ1n) is 9.56. The summed E-state index contributed by atoms with van der Waals surface area (Å²) >= 11 is 5.29. The largest absolute Gasteiger partial charge is 0.360 e. The van der Waals surface area contributed by atoms with Gasteiger partial charge in [-0.05, 0) is 82.2 Å². The van der Waals surface area contributed by atoms with E-state index in [4.69, 9.17) is 12.2 Å². The zero-order chi connectivity index (χ0) is 20.3. The molecule has 1 heterocycles. The summed E-state index contributed by atoms with van der Waals surface area (Å²) in [5.74, 6) is 0. The lowest BCUT2D eigenvalue weighted by molar-refractivity contribution is 0.507. The topological polar surface area (TPSA) is 39.7 Å². The van der Waals surface area contributed by atoms with Crippen LogP contribution in [0, 0.1) is 0 Å². The van der Waals surface area contributed by atoms with E-state index in [-0.39, 0.29) is 5.54 Å². The van der Waals surface area contributed by atoms with Crippen LogP contribution in [-0.4, -0.2) is 22.9 Å². The van der Waals surface area contributed by atoms with E-state index in [0.29, 0.717) is 11.2 Å². The molecule has 3 rings (SSSR count). The van der Waals surface area contributed by atoms with Gasteiger partial charge in [-0.2, -0.15) is 5.10 Å². The lowest BCUT2D eigenvalue weighted by Gasteiger charge is -2.46. The molecule has 2 N–H and O–H groups in total. The summed E-state index contributed by atoms with van der Waals surface area (Å²) < 4.78 is 0. The number of nitrogens with zero attached hydrogens (tertiary/aromatic N) is 2. The maximum Gasteiger partial charge on any atom is 0.191 e. The van der Waals surface area contributed by atoms with Crippen LogP contribution in [0.15, 0.2) is 59.7 Å². The number of benzene rings is 2. The smallest absolute Gasteiger partial charge is 0.191 e. The Morgan fingerprint density at radius 1 is 1.14 bits per heavy atom. The molecule has 0 amide bonds. The van der Waals surface area contributed by atoms with Crippen molar-refractivity contribution in [2.45, 2.75) is 46.2 Å². The van der Waals surface area contributed by atoms with Crippen LogP contribution in [0.25, 0.3) is 5.57 Å². The quantitative estimate of drug-likeness (QED) is 0.414. The van der Waals surface area contributed by atoms with Gasteiger partial charge in [0.05, 0.1) is 11.8 Å². The van der Waals surface area contributed by atoms with E-state index in [1.165, 1.54) is 16.8 Å². The number of nitrogens with one attached hydrogen (secondary N) is 2. The van der Waals surface area contributed by atoms with Crippen LogP contribution < -0.4 is 15.6 Å². The fourth-order valence-corrected chi connectivity index (χ4v) is 4.11. The number of para-hydroxylation sites is 1. The standard InChI is InChI=1S/C23H28N4S/c1-16(2)27-21-12-11-18(13-20(21)17(3)14-23(27,4)5)15-24-26-22(28)25-19-9-7-6-8-10-19/h6-16H,1-5H3,(H2,25,26,28)/b24-15+. The summed E-state index contributed by atoms with van der Waals surface area (Å²) in [5.41, 5.74) is 8.65. The molecule has 2 aromatic carbocycles. The molecule has 1 aliphatic rings. The second-order valence-electron chi connectivity index (χ2n) is 7.91. The monoisotopic (exact) mass is 392 g/mol. The van der Waals surface area contributed by atoms with Gasteiger partial charge in [-0.15, -0.1) is 0 Å². The van der Waals surface area contributed by atoms with Crippen LogP contribution in [0.1, 0.15) is 45.7 Å².